The van der Waals surface area contributed by atoms with E-state index in [0.717, 1.165) is 23.2 Å². The maximum atomic E-state index is 12.7. The smallest absolute Gasteiger partial charge is 0.284 e. The summed E-state index contributed by atoms with van der Waals surface area (Å²) < 4.78 is 2.76. The number of amides is 1. The van der Waals surface area contributed by atoms with Gasteiger partial charge in [0.25, 0.3) is 5.56 Å². The molecule has 8 heteroatoms. The Morgan fingerprint density at radius 1 is 1.07 bits per heavy atom. The van der Waals surface area contributed by atoms with Crippen molar-refractivity contribution in [2.75, 3.05) is 6.54 Å². The van der Waals surface area contributed by atoms with Crippen LogP contribution in [0, 0.1) is 6.92 Å². The van der Waals surface area contributed by atoms with Gasteiger partial charge in [-0.3, -0.25) is 14.2 Å². The molecule has 1 amide bonds. The Balaban J connectivity index is 1.47. The molecule has 0 aliphatic rings. The molecule has 0 radical (unpaired) electrons. The molecular weight excluding hydrogens is 368 g/mol. The van der Waals surface area contributed by atoms with Crippen LogP contribution < -0.4 is 10.9 Å². The summed E-state index contributed by atoms with van der Waals surface area (Å²) in [6.07, 6.45) is 2.08. The third kappa shape index (κ3) is 4.06. The van der Waals surface area contributed by atoms with E-state index in [9.17, 15) is 9.59 Å². The van der Waals surface area contributed by atoms with E-state index in [4.69, 9.17) is 0 Å². The van der Waals surface area contributed by atoms with Crippen molar-refractivity contribution in [1.29, 1.82) is 0 Å². The summed E-state index contributed by atoms with van der Waals surface area (Å²) in [5.74, 6) is -0.255. The van der Waals surface area contributed by atoms with Crippen LogP contribution >= 0.6 is 0 Å². The zero-order chi connectivity index (χ0) is 20.2. The number of aryl methyl sites for hydroxylation is 1. The van der Waals surface area contributed by atoms with Crippen molar-refractivity contribution < 1.29 is 4.79 Å². The van der Waals surface area contributed by atoms with Gasteiger partial charge in [0.2, 0.25) is 5.91 Å². The quantitative estimate of drug-likeness (QED) is 0.542. The van der Waals surface area contributed by atoms with E-state index in [1.54, 1.807) is 0 Å². The van der Waals surface area contributed by atoms with Gasteiger partial charge in [0.15, 0.2) is 11.2 Å². The van der Waals surface area contributed by atoms with Crippen LogP contribution in [-0.2, 0) is 17.8 Å². The zero-order valence-corrected chi connectivity index (χ0v) is 15.9. The molecule has 29 heavy (non-hydrogen) atoms. The summed E-state index contributed by atoms with van der Waals surface area (Å²) in [5.41, 5.74) is 3.12. The first-order chi connectivity index (χ1) is 14.1. The fourth-order valence-electron chi connectivity index (χ4n) is 3.02. The summed E-state index contributed by atoms with van der Waals surface area (Å²) in [4.78, 5) is 29.2. The molecule has 0 aliphatic carbocycles. The lowest BCUT2D eigenvalue weighted by Gasteiger charge is -2.07. The maximum absolute atomic E-state index is 12.7. The van der Waals surface area contributed by atoms with Crippen LogP contribution in [0.1, 0.15) is 11.1 Å². The van der Waals surface area contributed by atoms with Crippen LogP contribution in [0.2, 0.25) is 0 Å². The summed E-state index contributed by atoms with van der Waals surface area (Å²) in [6, 6.07) is 17.6. The molecule has 2 aromatic heterocycles. The van der Waals surface area contributed by atoms with E-state index in [-0.39, 0.29) is 18.0 Å². The average molecular weight is 388 g/mol. The summed E-state index contributed by atoms with van der Waals surface area (Å²) in [5, 5.41) is 10.8. The van der Waals surface area contributed by atoms with Crippen LogP contribution in [-0.4, -0.2) is 37.0 Å². The van der Waals surface area contributed by atoms with Gasteiger partial charge >= 0.3 is 0 Å². The Morgan fingerprint density at radius 3 is 2.59 bits per heavy atom. The lowest BCUT2D eigenvalue weighted by atomic mass is 10.1. The highest BCUT2D eigenvalue weighted by Crippen LogP contribution is 2.12. The Morgan fingerprint density at radius 2 is 1.83 bits per heavy atom. The summed E-state index contributed by atoms with van der Waals surface area (Å²) in [7, 11) is 0. The van der Waals surface area contributed by atoms with Crippen LogP contribution in [0.4, 0.5) is 0 Å². The molecule has 0 aliphatic heterocycles. The first kappa shape index (κ1) is 18.5. The fraction of sp³-hybridized carbons (Fsp3) is 0.190. The second-order valence-corrected chi connectivity index (χ2v) is 6.77. The first-order valence-corrected chi connectivity index (χ1v) is 9.30. The van der Waals surface area contributed by atoms with Gasteiger partial charge in [0.1, 0.15) is 12.9 Å². The zero-order valence-electron chi connectivity index (χ0n) is 15.9. The molecule has 0 saturated carbocycles. The van der Waals surface area contributed by atoms with E-state index in [1.807, 2.05) is 61.5 Å². The summed E-state index contributed by atoms with van der Waals surface area (Å²) >= 11 is 0. The molecule has 146 valence electrons. The molecule has 8 nitrogen and oxygen atoms in total. The third-order valence-corrected chi connectivity index (χ3v) is 4.60. The largest absolute Gasteiger partial charge is 0.354 e. The van der Waals surface area contributed by atoms with Gasteiger partial charge in [-0.25, -0.2) is 4.98 Å². The molecule has 0 atom stereocenters. The van der Waals surface area contributed by atoms with E-state index >= 15 is 0 Å². The topological polar surface area (TPSA) is 94.7 Å². The van der Waals surface area contributed by atoms with Crippen molar-refractivity contribution >= 4 is 17.1 Å². The first-order valence-electron chi connectivity index (χ1n) is 9.30. The number of carbonyl (C=O) groups is 1. The Labute approximate surface area is 166 Å². The lowest BCUT2D eigenvalue weighted by molar-refractivity contribution is -0.121. The number of nitrogens with one attached hydrogen (secondary N) is 1. The van der Waals surface area contributed by atoms with Gasteiger partial charge in [0.05, 0.1) is 5.69 Å². The molecule has 0 fully saturated rings. The highest BCUT2D eigenvalue weighted by Gasteiger charge is 2.14. The van der Waals surface area contributed by atoms with E-state index < -0.39 is 5.56 Å². The molecular formula is C21H20N6O2. The monoisotopic (exact) mass is 388 g/mol. The number of benzene rings is 2. The van der Waals surface area contributed by atoms with Gasteiger partial charge in [-0.2, -0.15) is 4.68 Å². The highest BCUT2D eigenvalue weighted by molar-refractivity contribution is 5.76. The second kappa shape index (κ2) is 8.05. The van der Waals surface area contributed by atoms with Gasteiger partial charge in [-0.15, -0.1) is 5.10 Å². The molecule has 2 heterocycles. The Hall–Kier alpha value is -3.81. The number of carbonyl (C=O) groups excluding carboxylic acids is 1. The van der Waals surface area contributed by atoms with Crippen LogP contribution in [0.5, 0.6) is 0 Å². The minimum atomic E-state index is -0.397. The van der Waals surface area contributed by atoms with Crippen molar-refractivity contribution in [1.82, 2.24) is 29.9 Å². The Bertz CT molecular complexity index is 1200. The third-order valence-electron chi connectivity index (χ3n) is 4.60. The van der Waals surface area contributed by atoms with E-state index in [2.05, 4.69) is 20.6 Å². The predicted molar refractivity (Wildman–Crippen MR) is 109 cm³/mol. The lowest BCUT2D eigenvalue weighted by Crippen LogP contribution is -2.33. The van der Waals surface area contributed by atoms with Crippen molar-refractivity contribution in [2.45, 2.75) is 19.9 Å². The molecule has 4 aromatic rings. The SMILES string of the molecule is Cc1ccc(-n2nnc3c(=O)n(CC(=O)NCCc4ccccc4)cnc32)cc1. The Kier molecular flexibility index (Phi) is 5.15. The molecule has 0 bridgehead atoms. The minimum absolute atomic E-state index is 0.117. The predicted octanol–water partition coefficient (Wildman–Crippen LogP) is 1.64. The highest BCUT2D eigenvalue weighted by atomic mass is 16.2. The number of fused-ring (bicyclic) bond motifs is 1. The van der Waals surface area contributed by atoms with Crippen LogP contribution in [0.3, 0.4) is 0 Å². The van der Waals surface area contributed by atoms with E-state index in [1.165, 1.54) is 15.6 Å². The number of nitrogens with zero attached hydrogens (tertiary/aromatic N) is 5. The molecule has 0 unspecified atom stereocenters. The van der Waals surface area contributed by atoms with Crippen molar-refractivity contribution in [3.63, 3.8) is 0 Å². The number of hydrogen-bond acceptors (Lipinski definition) is 5. The van der Waals surface area contributed by atoms with Crippen molar-refractivity contribution in [2.24, 2.45) is 0 Å². The van der Waals surface area contributed by atoms with Gasteiger partial charge in [-0.05, 0) is 31.0 Å². The molecule has 2 aromatic carbocycles. The normalized spacial score (nSPS) is 10.9. The number of aromatic nitrogens is 5. The maximum Gasteiger partial charge on any atom is 0.284 e. The molecule has 0 spiro atoms. The van der Waals surface area contributed by atoms with Gasteiger partial charge in [-0.1, -0.05) is 53.2 Å². The minimum Gasteiger partial charge on any atom is -0.354 e. The van der Waals surface area contributed by atoms with E-state index in [0.29, 0.717) is 12.2 Å². The molecule has 0 saturated heterocycles. The van der Waals surface area contributed by atoms with Crippen LogP contribution in [0.15, 0.2) is 65.7 Å². The summed E-state index contributed by atoms with van der Waals surface area (Å²) in [6.45, 7) is 2.37. The second-order valence-electron chi connectivity index (χ2n) is 6.77. The standard InChI is InChI=1S/C21H20N6O2/c1-15-7-9-17(10-8-15)27-20-19(24-25-27)21(29)26(14-23-20)13-18(28)22-12-11-16-5-3-2-4-6-16/h2-10,14H,11-13H2,1H3,(H,22,28). The molecule has 1 N–H and O–H groups in total. The fourth-order valence-corrected chi connectivity index (χ4v) is 3.02. The average Bonchev–Trinajstić information content (AvgIpc) is 3.16. The number of rotatable bonds is 6. The van der Waals surface area contributed by atoms with Crippen LogP contribution in [0.25, 0.3) is 16.9 Å². The van der Waals surface area contributed by atoms with Crippen molar-refractivity contribution in [3.8, 4) is 5.69 Å². The van der Waals surface area contributed by atoms with Crippen molar-refractivity contribution in [3.05, 3.63) is 82.4 Å². The van der Waals surface area contributed by atoms with Gasteiger partial charge < -0.3 is 5.32 Å². The molecule has 4 rings (SSSR count). The number of hydrogen-bond donors (Lipinski definition) is 1. The van der Waals surface area contributed by atoms with Gasteiger partial charge in [0, 0.05) is 6.54 Å².